The molecular weight excluding hydrogens is 278 g/mol. The van der Waals surface area contributed by atoms with Gasteiger partial charge in [-0.2, -0.15) is 0 Å². The summed E-state index contributed by atoms with van der Waals surface area (Å²) in [6.07, 6.45) is 1.04. The second-order valence-electron chi connectivity index (χ2n) is 5.25. The number of hydrogen-bond acceptors (Lipinski definition) is 6. The number of tetrazole rings is 1. The Balaban J connectivity index is 1.41. The molecule has 22 heavy (non-hydrogen) atoms. The van der Waals surface area contributed by atoms with Gasteiger partial charge < -0.3 is 10.2 Å². The third kappa shape index (κ3) is 3.76. The number of nitrogens with one attached hydrogen (secondary N) is 1. The predicted molar refractivity (Wildman–Crippen MR) is 84.5 cm³/mol. The van der Waals surface area contributed by atoms with Crippen molar-refractivity contribution in [1.82, 2.24) is 30.2 Å². The second kappa shape index (κ2) is 6.95. The lowest BCUT2D eigenvalue weighted by molar-refractivity contribution is 0.325. The van der Waals surface area contributed by atoms with Crippen LogP contribution >= 0.6 is 0 Å². The molecule has 0 aliphatic heterocycles. The van der Waals surface area contributed by atoms with E-state index in [9.17, 15) is 0 Å². The number of aromatic nitrogens is 5. The largest absolute Gasteiger partial charge is 0.369 e. The van der Waals surface area contributed by atoms with Crippen LogP contribution in [0.5, 0.6) is 0 Å². The van der Waals surface area contributed by atoms with Crippen molar-refractivity contribution in [3.8, 4) is 0 Å². The molecule has 1 N–H and O–H groups in total. The van der Waals surface area contributed by atoms with Gasteiger partial charge in [0, 0.05) is 13.1 Å². The molecule has 0 saturated carbocycles. The number of nitrogens with zero attached hydrogens (tertiary/aromatic N) is 6. The van der Waals surface area contributed by atoms with Gasteiger partial charge in [-0.1, -0.05) is 30.3 Å². The number of fused-ring (bicyclic) bond motifs is 1. The third-order valence-electron chi connectivity index (χ3n) is 3.39. The summed E-state index contributed by atoms with van der Waals surface area (Å²) in [6, 6.07) is 14.2. The number of benzene rings is 1. The van der Waals surface area contributed by atoms with Gasteiger partial charge in [-0.05, 0) is 48.1 Å². The van der Waals surface area contributed by atoms with Crippen LogP contribution in [0.3, 0.4) is 0 Å². The van der Waals surface area contributed by atoms with Crippen molar-refractivity contribution < 1.29 is 0 Å². The van der Waals surface area contributed by atoms with Crippen molar-refractivity contribution in [3.05, 3.63) is 48.0 Å². The smallest absolute Gasteiger partial charge is 0.200 e. The average Bonchev–Trinajstić information content (AvgIpc) is 3.00. The summed E-state index contributed by atoms with van der Waals surface area (Å²) in [6.45, 7) is 2.85. The monoisotopic (exact) mass is 297 g/mol. The zero-order valence-electron chi connectivity index (χ0n) is 12.6. The Hall–Kier alpha value is -2.54. The fourth-order valence-electron chi connectivity index (χ4n) is 2.28. The summed E-state index contributed by atoms with van der Waals surface area (Å²) in [5, 5.41) is 18.7. The molecule has 0 aliphatic carbocycles. The molecule has 0 fully saturated rings. The maximum absolute atomic E-state index is 4.28. The standard InChI is InChI=1S/C15H19N7/c1-21(12-13-6-3-2-4-7-13)11-5-10-16-14-8-9-15-17-19-20-22(15)18-14/h2-4,6-9H,5,10-12H2,1H3,(H,16,18). The minimum absolute atomic E-state index is 0.646. The van der Waals surface area contributed by atoms with Crippen molar-refractivity contribution >= 4 is 11.5 Å². The molecule has 0 aliphatic rings. The highest BCUT2D eigenvalue weighted by molar-refractivity contribution is 5.41. The summed E-state index contributed by atoms with van der Waals surface area (Å²) in [7, 11) is 2.14. The molecule has 0 spiro atoms. The summed E-state index contributed by atoms with van der Waals surface area (Å²) in [4.78, 5) is 2.31. The normalized spacial score (nSPS) is 11.2. The number of rotatable bonds is 7. The van der Waals surface area contributed by atoms with Crippen molar-refractivity contribution in [2.75, 3.05) is 25.5 Å². The molecule has 0 unspecified atom stereocenters. The van der Waals surface area contributed by atoms with E-state index in [2.05, 4.69) is 62.2 Å². The molecule has 0 amide bonds. The molecule has 0 radical (unpaired) electrons. The van der Waals surface area contributed by atoms with Gasteiger partial charge in [0.15, 0.2) is 5.65 Å². The highest BCUT2D eigenvalue weighted by atomic mass is 15.6. The van der Waals surface area contributed by atoms with Gasteiger partial charge in [-0.15, -0.1) is 14.8 Å². The number of hydrogen-bond donors (Lipinski definition) is 1. The maximum atomic E-state index is 4.28. The van der Waals surface area contributed by atoms with Crippen LogP contribution < -0.4 is 5.32 Å². The van der Waals surface area contributed by atoms with Gasteiger partial charge in [0.05, 0.1) is 0 Å². The Morgan fingerprint density at radius 2 is 2.00 bits per heavy atom. The Morgan fingerprint density at radius 1 is 1.14 bits per heavy atom. The second-order valence-corrected chi connectivity index (χ2v) is 5.25. The van der Waals surface area contributed by atoms with Crippen molar-refractivity contribution in [2.45, 2.75) is 13.0 Å². The van der Waals surface area contributed by atoms with Crippen LogP contribution in [-0.2, 0) is 6.54 Å². The maximum Gasteiger partial charge on any atom is 0.200 e. The highest BCUT2D eigenvalue weighted by Gasteiger charge is 2.02. The molecule has 2 aromatic heterocycles. The lowest BCUT2D eigenvalue weighted by Crippen LogP contribution is -2.21. The zero-order chi connectivity index (χ0) is 15.2. The van der Waals surface area contributed by atoms with E-state index in [-0.39, 0.29) is 0 Å². The molecular formula is C15H19N7. The quantitative estimate of drug-likeness (QED) is 0.666. The van der Waals surface area contributed by atoms with Crippen LogP contribution in [0.4, 0.5) is 5.82 Å². The van der Waals surface area contributed by atoms with Gasteiger partial charge in [-0.25, -0.2) is 0 Å². The molecule has 3 rings (SSSR count). The predicted octanol–water partition coefficient (Wildman–Crippen LogP) is 1.45. The summed E-state index contributed by atoms with van der Waals surface area (Å²) in [5.41, 5.74) is 1.98. The molecule has 7 heteroatoms. The fraction of sp³-hybridized carbons (Fsp3) is 0.333. The van der Waals surface area contributed by atoms with E-state index < -0.39 is 0 Å². The van der Waals surface area contributed by atoms with E-state index in [0.29, 0.717) is 5.65 Å². The molecule has 0 saturated heterocycles. The zero-order valence-corrected chi connectivity index (χ0v) is 12.6. The minimum Gasteiger partial charge on any atom is -0.369 e. The summed E-state index contributed by atoms with van der Waals surface area (Å²) < 4.78 is 1.42. The minimum atomic E-state index is 0.646. The molecule has 2 heterocycles. The first-order chi connectivity index (χ1) is 10.8. The lowest BCUT2D eigenvalue weighted by atomic mass is 10.2. The van der Waals surface area contributed by atoms with Crippen molar-refractivity contribution in [1.29, 1.82) is 0 Å². The van der Waals surface area contributed by atoms with Crippen LogP contribution in [-0.4, -0.2) is 50.3 Å². The SMILES string of the molecule is CN(CCCNc1ccc2nnnn2n1)Cc1ccccc1. The van der Waals surface area contributed by atoms with Crippen LogP contribution in [0.1, 0.15) is 12.0 Å². The van der Waals surface area contributed by atoms with Gasteiger partial charge in [0.25, 0.3) is 0 Å². The van der Waals surface area contributed by atoms with Gasteiger partial charge in [-0.3, -0.25) is 0 Å². The Kier molecular flexibility index (Phi) is 4.55. The lowest BCUT2D eigenvalue weighted by Gasteiger charge is -2.16. The van der Waals surface area contributed by atoms with E-state index >= 15 is 0 Å². The molecule has 1 aromatic carbocycles. The van der Waals surface area contributed by atoms with E-state index in [4.69, 9.17) is 0 Å². The fourth-order valence-corrected chi connectivity index (χ4v) is 2.28. The van der Waals surface area contributed by atoms with E-state index in [1.807, 2.05) is 18.2 Å². The first kappa shape index (κ1) is 14.4. The first-order valence-corrected chi connectivity index (χ1v) is 7.33. The Morgan fingerprint density at radius 3 is 2.86 bits per heavy atom. The van der Waals surface area contributed by atoms with Crippen molar-refractivity contribution in [2.24, 2.45) is 0 Å². The van der Waals surface area contributed by atoms with E-state index in [0.717, 1.165) is 31.9 Å². The average molecular weight is 297 g/mol. The Bertz CT molecular complexity index is 710. The highest BCUT2D eigenvalue weighted by Crippen LogP contribution is 2.05. The summed E-state index contributed by atoms with van der Waals surface area (Å²) in [5.74, 6) is 0.783. The van der Waals surface area contributed by atoms with E-state index in [1.165, 1.54) is 10.2 Å². The number of anilines is 1. The van der Waals surface area contributed by atoms with Crippen LogP contribution in [0.15, 0.2) is 42.5 Å². The van der Waals surface area contributed by atoms with Gasteiger partial charge in [0.1, 0.15) is 5.82 Å². The van der Waals surface area contributed by atoms with E-state index in [1.54, 1.807) is 0 Å². The Labute approximate surface area is 128 Å². The third-order valence-corrected chi connectivity index (χ3v) is 3.39. The molecule has 0 bridgehead atoms. The molecule has 3 aromatic rings. The first-order valence-electron chi connectivity index (χ1n) is 7.33. The van der Waals surface area contributed by atoms with Crippen LogP contribution in [0.25, 0.3) is 5.65 Å². The van der Waals surface area contributed by atoms with Gasteiger partial charge >= 0.3 is 0 Å². The molecule has 0 atom stereocenters. The topological polar surface area (TPSA) is 71.2 Å². The van der Waals surface area contributed by atoms with Gasteiger partial charge in [0.2, 0.25) is 0 Å². The summed E-state index contributed by atoms with van der Waals surface area (Å²) >= 11 is 0. The van der Waals surface area contributed by atoms with Crippen LogP contribution in [0, 0.1) is 0 Å². The van der Waals surface area contributed by atoms with Crippen molar-refractivity contribution in [3.63, 3.8) is 0 Å². The molecule has 7 nitrogen and oxygen atoms in total. The molecule has 114 valence electrons. The van der Waals surface area contributed by atoms with Crippen LogP contribution in [0.2, 0.25) is 0 Å².